The van der Waals surface area contributed by atoms with Gasteiger partial charge in [-0.05, 0) is 41.9 Å². The van der Waals surface area contributed by atoms with Crippen LogP contribution < -0.4 is 5.32 Å². The van der Waals surface area contributed by atoms with Crippen molar-refractivity contribution in [1.29, 1.82) is 0 Å². The van der Waals surface area contributed by atoms with Crippen molar-refractivity contribution in [1.82, 2.24) is 5.32 Å². The summed E-state index contributed by atoms with van der Waals surface area (Å²) in [5.41, 5.74) is 3.66. The minimum atomic E-state index is -0.984. The Balaban J connectivity index is 1.99. The molecule has 1 atom stereocenters. The molecule has 0 bridgehead atoms. The molecule has 1 aromatic carbocycles. The number of aryl methyl sites for hydroxylation is 2. The van der Waals surface area contributed by atoms with E-state index in [2.05, 4.69) is 17.4 Å². The van der Waals surface area contributed by atoms with Gasteiger partial charge in [0, 0.05) is 0 Å². The van der Waals surface area contributed by atoms with Crippen LogP contribution in [0, 0.1) is 5.92 Å². The van der Waals surface area contributed by atoms with Crippen LogP contribution in [0.2, 0.25) is 0 Å². The molecule has 0 spiro atoms. The summed E-state index contributed by atoms with van der Waals surface area (Å²) in [6, 6.07) is 5.31. The fourth-order valence-corrected chi connectivity index (χ4v) is 2.66. The van der Waals surface area contributed by atoms with E-state index in [1.165, 1.54) is 17.5 Å². The zero-order valence-corrected chi connectivity index (χ0v) is 12.0. The number of hydrogen-bond donors (Lipinski definition) is 2. The van der Waals surface area contributed by atoms with Crippen LogP contribution in [0.3, 0.4) is 0 Å². The molecular weight excluding hydrogens is 254 g/mol. The highest BCUT2D eigenvalue weighted by molar-refractivity contribution is 5.85. The predicted molar refractivity (Wildman–Crippen MR) is 76.6 cm³/mol. The third kappa shape index (κ3) is 3.38. The summed E-state index contributed by atoms with van der Waals surface area (Å²) < 4.78 is 0. The van der Waals surface area contributed by atoms with Gasteiger partial charge in [-0.2, -0.15) is 0 Å². The molecule has 20 heavy (non-hydrogen) atoms. The zero-order chi connectivity index (χ0) is 14.7. The van der Waals surface area contributed by atoms with Crippen molar-refractivity contribution in [2.45, 2.75) is 45.6 Å². The average molecular weight is 275 g/mol. The molecule has 1 aliphatic rings. The van der Waals surface area contributed by atoms with E-state index in [1.54, 1.807) is 13.8 Å². The molecule has 2 N–H and O–H groups in total. The van der Waals surface area contributed by atoms with Crippen molar-refractivity contribution in [2.24, 2.45) is 5.92 Å². The molecule has 0 aromatic heterocycles. The summed E-state index contributed by atoms with van der Waals surface area (Å²) in [7, 11) is 0. The molecule has 0 radical (unpaired) electrons. The second kappa shape index (κ2) is 6.07. The largest absolute Gasteiger partial charge is 0.480 e. The van der Waals surface area contributed by atoms with Gasteiger partial charge < -0.3 is 10.4 Å². The number of hydrogen-bond acceptors (Lipinski definition) is 2. The molecule has 1 amide bonds. The molecule has 2 rings (SSSR count). The standard InChI is InChI=1S/C16H21NO3/c1-10(2)15(16(19)20)17-14(18)9-11-6-7-12-4-3-5-13(12)8-11/h6-8,10,15H,3-5,9H2,1-2H3,(H,17,18)(H,19,20)/t15-/m0/s1. The van der Waals surface area contributed by atoms with E-state index in [0.29, 0.717) is 0 Å². The van der Waals surface area contributed by atoms with Gasteiger partial charge in [0.2, 0.25) is 5.91 Å². The zero-order valence-electron chi connectivity index (χ0n) is 12.0. The maximum atomic E-state index is 12.0. The molecule has 0 fully saturated rings. The van der Waals surface area contributed by atoms with Gasteiger partial charge in [-0.25, -0.2) is 4.79 Å². The maximum absolute atomic E-state index is 12.0. The Bertz CT molecular complexity index is 522. The predicted octanol–water partition coefficient (Wildman–Crippen LogP) is 1.94. The van der Waals surface area contributed by atoms with E-state index in [9.17, 15) is 9.59 Å². The Morgan fingerprint density at radius 3 is 2.60 bits per heavy atom. The molecular formula is C16H21NO3. The van der Waals surface area contributed by atoms with Crippen molar-refractivity contribution in [2.75, 3.05) is 0 Å². The topological polar surface area (TPSA) is 66.4 Å². The third-order valence-electron chi connectivity index (χ3n) is 3.78. The van der Waals surface area contributed by atoms with Crippen LogP contribution in [0.25, 0.3) is 0 Å². The fourth-order valence-electron chi connectivity index (χ4n) is 2.66. The first-order valence-corrected chi connectivity index (χ1v) is 7.10. The van der Waals surface area contributed by atoms with Gasteiger partial charge in [0.15, 0.2) is 0 Å². The quantitative estimate of drug-likeness (QED) is 0.863. The highest BCUT2D eigenvalue weighted by Crippen LogP contribution is 2.23. The smallest absolute Gasteiger partial charge is 0.326 e. The number of benzene rings is 1. The Kier molecular flexibility index (Phi) is 4.42. The van der Waals surface area contributed by atoms with E-state index in [-0.39, 0.29) is 18.2 Å². The summed E-state index contributed by atoms with van der Waals surface area (Å²) in [6.45, 7) is 3.57. The minimum Gasteiger partial charge on any atom is -0.480 e. The van der Waals surface area contributed by atoms with Gasteiger partial charge in [0.1, 0.15) is 6.04 Å². The molecule has 1 aromatic rings. The summed E-state index contributed by atoms with van der Waals surface area (Å²) in [6.07, 6.45) is 3.62. The van der Waals surface area contributed by atoms with Gasteiger partial charge >= 0.3 is 5.97 Å². The van der Waals surface area contributed by atoms with Gasteiger partial charge in [-0.1, -0.05) is 32.0 Å². The second-order valence-corrected chi connectivity index (χ2v) is 5.76. The number of carboxylic acids is 1. The summed E-state index contributed by atoms with van der Waals surface area (Å²) in [4.78, 5) is 23.0. The SMILES string of the molecule is CC(C)[C@H](NC(=O)Cc1ccc2c(c1)CCC2)C(=O)O. The monoisotopic (exact) mass is 275 g/mol. The van der Waals surface area contributed by atoms with Crippen molar-refractivity contribution < 1.29 is 14.7 Å². The lowest BCUT2D eigenvalue weighted by Crippen LogP contribution is -2.44. The molecule has 108 valence electrons. The number of aliphatic carboxylic acids is 1. The van der Waals surface area contributed by atoms with E-state index in [1.807, 2.05) is 6.07 Å². The van der Waals surface area contributed by atoms with Crippen LogP contribution >= 0.6 is 0 Å². The molecule has 0 saturated heterocycles. The highest BCUT2D eigenvalue weighted by Gasteiger charge is 2.23. The molecule has 0 aliphatic heterocycles. The summed E-state index contributed by atoms with van der Waals surface area (Å²) in [5, 5.41) is 11.7. The first-order chi connectivity index (χ1) is 9.47. The van der Waals surface area contributed by atoms with Crippen LogP contribution in [0.5, 0.6) is 0 Å². The number of fused-ring (bicyclic) bond motifs is 1. The second-order valence-electron chi connectivity index (χ2n) is 5.76. The highest BCUT2D eigenvalue weighted by atomic mass is 16.4. The number of carbonyl (C=O) groups excluding carboxylic acids is 1. The first kappa shape index (κ1) is 14.6. The summed E-state index contributed by atoms with van der Waals surface area (Å²) >= 11 is 0. The Morgan fingerprint density at radius 2 is 1.95 bits per heavy atom. The van der Waals surface area contributed by atoms with Crippen LogP contribution in [0.4, 0.5) is 0 Å². The molecule has 4 nitrogen and oxygen atoms in total. The Hall–Kier alpha value is -1.84. The minimum absolute atomic E-state index is 0.128. The first-order valence-electron chi connectivity index (χ1n) is 7.10. The van der Waals surface area contributed by atoms with Crippen molar-refractivity contribution in [3.05, 3.63) is 34.9 Å². The van der Waals surface area contributed by atoms with Gasteiger partial charge in [-0.3, -0.25) is 4.79 Å². The van der Waals surface area contributed by atoms with Crippen molar-refractivity contribution in [3.8, 4) is 0 Å². The molecule has 0 unspecified atom stereocenters. The van der Waals surface area contributed by atoms with Crippen LogP contribution in [0.15, 0.2) is 18.2 Å². The lowest BCUT2D eigenvalue weighted by molar-refractivity contribution is -0.143. The lowest BCUT2D eigenvalue weighted by Gasteiger charge is -2.18. The molecule has 0 saturated carbocycles. The van der Waals surface area contributed by atoms with Gasteiger partial charge in [0.05, 0.1) is 6.42 Å². The Labute approximate surface area is 119 Å². The van der Waals surface area contributed by atoms with Gasteiger partial charge in [0.25, 0.3) is 0 Å². The lowest BCUT2D eigenvalue weighted by atomic mass is 10.0. The number of nitrogens with one attached hydrogen (secondary N) is 1. The number of amides is 1. The number of carboxylic acid groups (broad SMARTS) is 1. The third-order valence-corrected chi connectivity index (χ3v) is 3.78. The van der Waals surface area contributed by atoms with Crippen molar-refractivity contribution >= 4 is 11.9 Å². The van der Waals surface area contributed by atoms with Gasteiger partial charge in [-0.15, -0.1) is 0 Å². The molecule has 0 heterocycles. The normalized spacial score (nSPS) is 14.9. The number of carbonyl (C=O) groups is 2. The van der Waals surface area contributed by atoms with Crippen LogP contribution in [-0.2, 0) is 28.9 Å². The number of rotatable bonds is 5. The molecule has 4 heteroatoms. The van der Waals surface area contributed by atoms with E-state index in [4.69, 9.17) is 5.11 Å². The average Bonchev–Trinajstić information content (AvgIpc) is 2.82. The maximum Gasteiger partial charge on any atom is 0.326 e. The van der Waals surface area contributed by atoms with E-state index < -0.39 is 12.0 Å². The van der Waals surface area contributed by atoms with Crippen molar-refractivity contribution in [3.63, 3.8) is 0 Å². The van der Waals surface area contributed by atoms with Crippen LogP contribution in [0.1, 0.15) is 37.0 Å². The van der Waals surface area contributed by atoms with E-state index >= 15 is 0 Å². The van der Waals surface area contributed by atoms with Crippen LogP contribution in [-0.4, -0.2) is 23.0 Å². The fraction of sp³-hybridized carbons (Fsp3) is 0.500. The molecule has 1 aliphatic carbocycles. The summed E-state index contributed by atoms with van der Waals surface area (Å²) in [5.74, 6) is -1.34. The Morgan fingerprint density at radius 1 is 1.25 bits per heavy atom. The van der Waals surface area contributed by atoms with E-state index in [0.717, 1.165) is 18.4 Å².